The minimum absolute atomic E-state index is 0.0587. The van der Waals surface area contributed by atoms with E-state index in [0.717, 1.165) is 5.56 Å². The molecule has 2 aromatic carbocycles. The zero-order valence-electron chi connectivity index (χ0n) is 13.7. The van der Waals surface area contributed by atoms with E-state index >= 15 is 0 Å². The summed E-state index contributed by atoms with van der Waals surface area (Å²) >= 11 is 0. The number of rotatable bonds is 7. The van der Waals surface area contributed by atoms with E-state index in [4.69, 9.17) is 9.84 Å². The smallest absolute Gasteiger partial charge is 0.305 e. The van der Waals surface area contributed by atoms with Crippen molar-refractivity contribution in [3.63, 3.8) is 0 Å². The maximum Gasteiger partial charge on any atom is 0.305 e. The van der Waals surface area contributed by atoms with Gasteiger partial charge in [-0.1, -0.05) is 30.3 Å². The number of ether oxygens (including phenoxy) is 1. The van der Waals surface area contributed by atoms with Crippen molar-refractivity contribution in [2.45, 2.75) is 32.4 Å². The Morgan fingerprint density at radius 1 is 1.04 bits per heavy atom. The van der Waals surface area contributed by atoms with Crippen LogP contribution in [-0.4, -0.2) is 23.1 Å². The van der Waals surface area contributed by atoms with Crippen LogP contribution in [0.25, 0.3) is 0 Å². The third-order valence-electron chi connectivity index (χ3n) is 3.37. The standard InChI is InChI=1S/C19H21NO4/c1-13(2)24-16-10-8-14(9-11-16)17(12-18(21)22)20-19(23)15-6-4-3-5-7-15/h3-11,13,17H,12H2,1-2H3,(H,20,23)(H,21,22)/t17-/m1/s1. The van der Waals surface area contributed by atoms with Crippen LogP contribution in [0.5, 0.6) is 5.75 Å². The summed E-state index contributed by atoms with van der Waals surface area (Å²) in [7, 11) is 0. The Morgan fingerprint density at radius 2 is 1.67 bits per heavy atom. The van der Waals surface area contributed by atoms with Crippen molar-refractivity contribution in [2.75, 3.05) is 0 Å². The lowest BCUT2D eigenvalue weighted by Crippen LogP contribution is -2.30. The summed E-state index contributed by atoms with van der Waals surface area (Å²) in [4.78, 5) is 23.4. The molecule has 2 rings (SSSR count). The zero-order chi connectivity index (χ0) is 17.5. The molecule has 0 unspecified atom stereocenters. The third kappa shape index (κ3) is 5.12. The number of carboxylic acids is 1. The molecule has 0 aliphatic carbocycles. The molecular weight excluding hydrogens is 306 g/mol. The molecule has 0 aliphatic heterocycles. The van der Waals surface area contributed by atoms with Gasteiger partial charge >= 0.3 is 5.97 Å². The summed E-state index contributed by atoms with van der Waals surface area (Å²) in [6.45, 7) is 3.86. The van der Waals surface area contributed by atoms with Crippen molar-refractivity contribution in [2.24, 2.45) is 0 Å². The second-order valence-electron chi connectivity index (χ2n) is 5.73. The lowest BCUT2D eigenvalue weighted by Gasteiger charge is -2.18. The van der Waals surface area contributed by atoms with Crippen LogP contribution in [0.2, 0.25) is 0 Å². The average molecular weight is 327 g/mol. The molecule has 24 heavy (non-hydrogen) atoms. The molecule has 1 atom stereocenters. The highest BCUT2D eigenvalue weighted by Crippen LogP contribution is 2.21. The maximum atomic E-state index is 12.3. The number of benzene rings is 2. The van der Waals surface area contributed by atoms with Crippen LogP contribution in [0.4, 0.5) is 0 Å². The number of amides is 1. The number of carbonyl (C=O) groups is 2. The molecule has 0 aromatic heterocycles. The van der Waals surface area contributed by atoms with Crippen molar-refractivity contribution in [3.05, 3.63) is 65.7 Å². The number of carboxylic acid groups (broad SMARTS) is 1. The van der Waals surface area contributed by atoms with Gasteiger partial charge in [-0.2, -0.15) is 0 Å². The first kappa shape index (κ1) is 17.5. The molecule has 0 fully saturated rings. The van der Waals surface area contributed by atoms with Crippen molar-refractivity contribution in [1.82, 2.24) is 5.32 Å². The van der Waals surface area contributed by atoms with Gasteiger partial charge in [0, 0.05) is 5.56 Å². The van der Waals surface area contributed by atoms with E-state index in [1.54, 1.807) is 48.5 Å². The predicted octanol–water partition coefficient (Wildman–Crippen LogP) is 3.42. The van der Waals surface area contributed by atoms with Crippen LogP contribution in [0.1, 0.15) is 42.2 Å². The second-order valence-corrected chi connectivity index (χ2v) is 5.73. The molecule has 2 N–H and O–H groups in total. The van der Waals surface area contributed by atoms with Gasteiger partial charge in [0.25, 0.3) is 5.91 Å². The van der Waals surface area contributed by atoms with Gasteiger partial charge in [-0.25, -0.2) is 0 Å². The van der Waals surface area contributed by atoms with Crippen molar-refractivity contribution in [1.29, 1.82) is 0 Å². The zero-order valence-corrected chi connectivity index (χ0v) is 13.7. The first-order valence-electron chi connectivity index (χ1n) is 7.80. The number of nitrogens with one attached hydrogen (secondary N) is 1. The number of hydrogen-bond donors (Lipinski definition) is 2. The highest BCUT2D eigenvalue weighted by molar-refractivity contribution is 5.94. The van der Waals surface area contributed by atoms with Crippen molar-refractivity contribution >= 4 is 11.9 Å². The van der Waals surface area contributed by atoms with Crippen molar-refractivity contribution < 1.29 is 19.4 Å². The molecule has 126 valence electrons. The summed E-state index contributed by atoms with van der Waals surface area (Å²) in [6, 6.07) is 15.2. The molecular formula is C19H21NO4. The summed E-state index contributed by atoms with van der Waals surface area (Å²) in [5.74, 6) is -0.572. The Bertz CT molecular complexity index is 680. The molecule has 0 bridgehead atoms. The summed E-state index contributed by atoms with van der Waals surface area (Å²) in [5, 5.41) is 11.9. The maximum absolute atomic E-state index is 12.3. The molecule has 0 aliphatic rings. The van der Waals surface area contributed by atoms with Crippen LogP contribution in [0.3, 0.4) is 0 Å². The van der Waals surface area contributed by atoms with Gasteiger partial charge in [-0.05, 0) is 43.7 Å². The fraction of sp³-hybridized carbons (Fsp3) is 0.263. The fourth-order valence-corrected chi connectivity index (χ4v) is 2.31. The van der Waals surface area contributed by atoms with Crippen LogP contribution in [-0.2, 0) is 4.79 Å². The number of carbonyl (C=O) groups excluding carboxylic acids is 1. The Labute approximate surface area is 141 Å². The van der Waals surface area contributed by atoms with Crippen LogP contribution >= 0.6 is 0 Å². The topological polar surface area (TPSA) is 75.6 Å². The Morgan fingerprint density at radius 3 is 2.21 bits per heavy atom. The molecule has 0 saturated carbocycles. The minimum Gasteiger partial charge on any atom is -0.491 e. The summed E-state index contributed by atoms with van der Waals surface area (Å²) in [5.41, 5.74) is 1.21. The lowest BCUT2D eigenvalue weighted by atomic mass is 10.0. The van der Waals surface area contributed by atoms with E-state index < -0.39 is 12.0 Å². The van der Waals surface area contributed by atoms with Gasteiger partial charge in [0.2, 0.25) is 0 Å². The molecule has 2 aromatic rings. The quantitative estimate of drug-likeness (QED) is 0.817. The van der Waals surface area contributed by atoms with Gasteiger partial charge in [-0.15, -0.1) is 0 Å². The highest BCUT2D eigenvalue weighted by atomic mass is 16.5. The van der Waals surface area contributed by atoms with Crippen LogP contribution in [0, 0.1) is 0 Å². The minimum atomic E-state index is -0.976. The molecule has 0 heterocycles. The van der Waals surface area contributed by atoms with E-state index in [1.165, 1.54) is 0 Å². The Kier molecular flexibility index (Phi) is 5.95. The van der Waals surface area contributed by atoms with Gasteiger partial charge in [0.15, 0.2) is 0 Å². The van der Waals surface area contributed by atoms with Gasteiger partial charge < -0.3 is 15.2 Å². The average Bonchev–Trinajstić information content (AvgIpc) is 2.55. The predicted molar refractivity (Wildman–Crippen MR) is 91.1 cm³/mol. The molecule has 0 saturated heterocycles. The summed E-state index contributed by atoms with van der Waals surface area (Å²) < 4.78 is 5.58. The lowest BCUT2D eigenvalue weighted by molar-refractivity contribution is -0.137. The fourth-order valence-electron chi connectivity index (χ4n) is 2.31. The monoisotopic (exact) mass is 327 g/mol. The van der Waals surface area contributed by atoms with Gasteiger partial charge in [-0.3, -0.25) is 9.59 Å². The SMILES string of the molecule is CC(C)Oc1ccc([C@@H](CC(=O)O)NC(=O)c2ccccc2)cc1. The molecule has 5 heteroatoms. The van der Waals surface area contributed by atoms with Gasteiger partial charge in [0.05, 0.1) is 18.6 Å². The van der Waals surface area contributed by atoms with E-state index in [2.05, 4.69) is 5.32 Å². The molecule has 0 spiro atoms. The molecule has 0 radical (unpaired) electrons. The Hall–Kier alpha value is -2.82. The first-order chi connectivity index (χ1) is 11.5. The third-order valence-corrected chi connectivity index (χ3v) is 3.37. The van der Waals surface area contributed by atoms with E-state index in [9.17, 15) is 9.59 Å². The normalized spacial score (nSPS) is 11.8. The van der Waals surface area contributed by atoms with Gasteiger partial charge in [0.1, 0.15) is 5.75 Å². The van der Waals surface area contributed by atoms with Crippen molar-refractivity contribution in [3.8, 4) is 5.75 Å². The van der Waals surface area contributed by atoms with E-state index in [0.29, 0.717) is 11.3 Å². The first-order valence-corrected chi connectivity index (χ1v) is 7.80. The van der Waals surface area contributed by atoms with E-state index in [1.807, 2.05) is 19.9 Å². The second kappa shape index (κ2) is 8.15. The largest absolute Gasteiger partial charge is 0.491 e. The molecule has 1 amide bonds. The van der Waals surface area contributed by atoms with Crippen LogP contribution < -0.4 is 10.1 Å². The summed E-state index contributed by atoms with van der Waals surface area (Å²) in [6.07, 6.45) is -0.133. The number of aliphatic carboxylic acids is 1. The highest BCUT2D eigenvalue weighted by Gasteiger charge is 2.19. The Balaban J connectivity index is 2.15. The number of hydrogen-bond acceptors (Lipinski definition) is 3. The van der Waals surface area contributed by atoms with E-state index in [-0.39, 0.29) is 18.4 Å². The van der Waals surface area contributed by atoms with Crippen LogP contribution in [0.15, 0.2) is 54.6 Å². The molecule has 5 nitrogen and oxygen atoms in total.